The molecule has 52 heavy (non-hydrogen) atoms. The van der Waals surface area contributed by atoms with Crippen molar-refractivity contribution in [1.29, 1.82) is 0 Å². The molecular weight excluding hydrogens is 731 g/mol. The van der Waals surface area contributed by atoms with Crippen molar-refractivity contribution in [3.05, 3.63) is 99.2 Å². The van der Waals surface area contributed by atoms with Crippen LogP contribution in [0.4, 0.5) is 19.3 Å². The van der Waals surface area contributed by atoms with Gasteiger partial charge in [-0.15, -0.1) is 0 Å². The zero-order valence-electron chi connectivity index (χ0n) is 28.8. The van der Waals surface area contributed by atoms with Crippen molar-refractivity contribution < 1.29 is 23.2 Å². The van der Waals surface area contributed by atoms with Gasteiger partial charge in [0.05, 0.1) is 12.1 Å². The van der Waals surface area contributed by atoms with Crippen LogP contribution in [0, 0.1) is 11.6 Å². The van der Waals surface area contributed by atoms with Crippen molar-refractivity contribution in [3.63, 3.8) is 0 Å². The second-order valence-electron chi connectivity index (χ2n) is 12.7. The van der Waals surface area contributed by atoms with Crippen LogP contribution in [0.15, 0.2) is 60.8 Å². The van der Waals surface area contributed by atoms with Crippen molar-refractivity contribution in [2.24, 2.45) is 5.73 Å². The van der Waals surface area contributed by atoms with E-state index in [-0.39, 0.29) is 25.1 Å². The fraction of sp³-hybridized carbons (Fsp3) is 0.378. The summed E-state index contributed by atoms with van der Waals surface area (Å²) < 4.78 is 29.9. The van der Waals surface area contributed by atoms with Crippen molar-refractivity contribution in [3.8, 4) is 0 Å². The quantitative estimate of drug-likeness (QED) is 0.0962. The van der Waals surface area contributed by atoms with E-state index in [0.717, 1.165) is 66.6 Å². The number of anilines is 1. The predicted octanol–water partition coefficient (Wildman–Crippen LogP) is 5.92. The van der Waals surface area contributed by atoms with E-state index in [2.05, 4.69) is 36.9 Å². The average Bonchev–Trinajstić information content (AvgIpc) is 3.76. The SMILES string of the molecule is CSCC[C@H](NC(=O)[C@H](Cc1ccc(F)c(F)c1)NC(=O)Nc1ccc2c(CN3CCCC3)cn(Cc3c(Cl)cccc3Cl)c2c1)C(=O)NCCN. The lowest BCUT2D eigenvalue weighted by Crippen LogP contribution is -2.55. The zero-order valence-corrected chi connectivity index (χ0v) is 31.2. The Bertz CT molecular complexity index is 1870. The van der Waals surface area contributed by atoms with Crippen LogP contribution in [0.5, 0.6) is 0 Å². The number of nitrogens with one attached hydrogen (secondary N) is 4. The zero-order chi connectivity index (χ0) is 37.2. The third-order valence-corrected chi connectivity index (χ3v) is 10.3. The number of amides is 4. The largest absolute Gasteiger partial charge is 0.353 e. The molecule has 0 radical (unpaired) electrons. The number of carbonyl (C=O) groups is 3. The molecule has 0 aliphatic carbocycles. The van der Waals surface area contributed by atoms with Crippen LogP contribution in [0.1, 0.15) is 36.0 Å². The molecule has 10 nitrogen and oxygen atoms in total. The Kier molecular flexibility index (Phi) is 14.2. The van der Waals surface area contributed by atoms with Crippen LogP contribution in [-0.2, 0) is 29.1 Å². The van der Waals surface area contributed by atoms with Gasteiger partial charge in [-0.05, 0) is 91.9 Å². The number of fused-ring (bicyclic) bond motifs is 1. The highest BCUT2D eigenvalue weighted by atomic mass is 35.5. The molecule has 0 spiro atoms. The lowest BCUT2D eigenvalue weighted by molar-refractivity contribution is -0.129. The van der Waals surface area contributed by atoms with E-state index in [1.54, 1.807) is 24.3 Å². The summed E-state index contributed by atoms with van der Waals surface area (Å²) >= 11 is 14.6. The molecule has 0 bridgehead atoms. The summed E-state index contributed by atoms with van der Waals surface area (Å²) in [5, 5.41) is 13.0. The fourth-order valence-electron chi connectivity index (χ4n) is 6.27. The van der Waals surface area contributed by atoms with E-state index in [0.29, 0.717) is 34.5 Å². The Morgan fingerprint density at radius 2 is 1.67 bits per heavy atom. The van der Waals surface area contributed by atoms with Crippen molar-refractivity contribution in [2.45, 2.75) is 50.9 Å². The Balaban J connectivity index is 1.39. The summed E-state index contributed by atoms with van der Waals surface area (Å²) in [6.45, 7) is 3.67. The molecule has 5 rings (SSSR count). The lowest BCUT2D eigenvalue weighted by atomic mass is 10.0. The molecule has 1 aliphatic heterocycles. The molecule has 15 heteroatoms. The standard InChI is InChI=1S/C37H43Cl2F2N7O3S/c1-52-16-11-32(35(49)43-13-12-42)45-36(50)33(18-23-7-10-30(40)31(41)17-23)46-37(51)44-25-8-9-26-24(20-47-14-2-3-15-47)21-48(34(26)19-25)22-27-28(38)5-4-6-29(27)39/h4-10,17,19,21,32-33H,2-3,11-16,18,20,22,42H2,1H3,(H,43,49)(H,45,50)(H2,44,46,51)/t32-,33-/m0/s1. The van der Waals surface area contributed by atoms with Crippen LogP contribution in [0.3, 0.4) is 0 Å². The second-order valence-corrected chi connectivity index (χ2v) is 14.5. The number of nitrogens with zero attached hydrogens (tertiary/aromatic N) is 2. The smallest absolute Gasteiger partial charge is 0.319 e. The predicted molar refractivity (Wildman–Crippen MR) is 205 cm³/mol. The maximum Gasteiger partial charge on any atom is 0.319 e. The highest BCUT2D eigenvalue weighted by Crippen LogP contribution is 2.31. The molecule has 0 saturated carbocycles. The molecule has 4 amide bonds. The van der Waals surface area contributed by atoms with Crippen LogP contribution in [0.25, 0.3) is 10.9 Å². The maximum atomic E-state index is 14.2. The third-order valence-electron chi connectivity index (χ3n) is 8.94. The van der Waals surface area contributed by atoms with E-state index in [4.69, 9.17) is 28.9 Å². The van der Waals surface area contributed by atoms with Crippen LogP contribution < -0.4 is 27.0 Å². The Morgan fingerprint density at radius 3 is 2.37 bits per heavy atom. The van der Waals surface area contributed by atoms with Gasteiger partial charge in [0.1, 0.15) is 12.1 Å². The highest BCUT2D eigenvalue weighted by molar-refractivity contribution is 7.98. The first-order valence-electron chi connectivity index (χ1n) is 17.1. The van der Waals surface area contributed by atoms with Gasteiger partial charge in [-0.1, -0.05) is 41.4 Å². The normalized spacial score (nSPS) is 14.3. The number of urea groups is 1. The lowest BCUT2D eigenvalue weighted by Gasteiger charge is -2.23. The van der Waals surface area contributed by atoms with Gasteiger partial charge in [0.2, 0.25) is 11.8 Å². The minimum Gasteiger partial charge on any atom is -0.353 e. The number of aromatic nitrogens is 1. The van der Waals surface area contributed by atoms with Gasteiger partial charge in [0, 0.05) is 58.9 Å². The summed E-state index contributed by atoms with van der Waals surface area (Å²) in [6.07, 6.45) is 6.44. The minimum atomic E-state index is -1.24. The highest BCUT2D eigenvalue weighted by Gasteiger charge is 2.27. The molecule has 1 saturated heterocycles. The molecule has 1 aromatic heterocycles. The van der Waals surface area contributed by atoms with Gasteiger partial charge in [0.25, 0.3) is 0 Å². The summed E-state index contributed by atoms with van der Waals surface area (Å²) in [7, 11) is 0. The molecular formula is C37H43Cl2F2N7O3S. The number of halogens is 4. The maximum absolute atomic E-state index is 14.2. The van der Waals surface area contributed by atoms with Gasteiger partial charge in [-0.2, -0.15) is 11.8 Å². The molecule has 4 aromatic rings. The summed E-state index contributed by atoms with van der Waals surface area (Å²) in [5.74, 6) is -2.62. The molecule has 278 valence electrons. The van der Waals surface area contributed by atoms with E-state index in [9.17, 15) is 23.2 Å². The van der Waals surface area contributed by atoms with Crippen LogP contribution in [0.2, 0.25) is 10.0 Å². The summed E-state index contributed by atoms with van der Waals surface area (Å²) in [4.78, 5) is 42.5. The van der Waals surface area contributed by atoms with Crippen molar-refractivity contribution >= 4 is 69.4 Å². The van der Waals surface area contributed by atoms with E-state index < -0.39 is 41.6 Å². The number of hydrogen-bond acceptors (Lipinski definition) is 6. The Hall–Kier alpha value is -3.88. The first kappa shape index (κ1) is 39.3. The van der Waals surface area contributed by atoms with Gasteiger partial charge < -0.3 is 31.6 Å². The molecule has 6 N–H and O–H groups in total. The average molecular weight is 775 g/mol. The minimum absolute atomic E-state index is 0.170. The van der Waals surface area contributed by atoms with Gasteiger partial charge in [0.15, 0.2) is 11.6 Å². The van der Waals surface area contributed by atoms with Gasteiger partial charge in [-0.3, -0.25) is 14.5 Å². The molecule has 1 fully saturated rings. The number of benzene rings is 3. The summed E-state index contributed by atoms with van der Waals surface area (Å²) in [6, 6.07) is 11.4. The molecule has 1 aliphatic rings. The van der Waals surface area contributed by atoms with Crippen molar-refractivity contribution in [1.82, 2.24) is 25.4 Å². The fourth-order valence-corrected chi connectivity index (χ4v) is 7.26. The van der Waals surface area contributed by atoms with Gasteiger partial charge >= 0.3 is 6.03 Å². The molecule has 2 atom stereocenters. The number of likely N-dealkylation sites (tertiary alicyclic amines) is 1. The van der Waals surface area contributed by atoms with Crippen LogP contribution >= 0.6 is 35.0 Å². The van der Waals surface area contributed by atoms with E-state index >= 15 is 0 Å². The number of thioether (sulfide) groups is 1. The van der Waals surface area contributed by atoms with Crippen molar-refractivity contribution in [2.75, 3.05) is 43.5 Å². The first-order chi connectivity index (χ1) is 25.1. The second kappa shape index (κ2) is 18.7. The van der Waals surface area contributed by atoms with E-state index in [1.165, 1.54) is 17.8 Å². The number of nitrogens with two attached hydrogens (primary N) is 1. The van der Waals surface area contributed by atoms with E-state index in [1.807, 2.05) is 18.4 Å². The first-order valence-corrected chi connectivity index (χ1v) is 19.3. The molecule has 2 heterocycles. The Morgan fingerprint density at radius 1 is 0.923 bits per heavy atom. The monoisotopic (exact) mass is 773 g/mol. The third kappa shape index (κ3) is 10.4. The summed E-state index contributed by atoms with van der Waals surface area (Å²) in [5.41, 5.74) is 9.01. The Labute approximate surface area is 316 Å². The van der Waals surface area contributed by atoms with Gasteiger partial charge in [-0.25, -0.2) is 13.6 Å². The molecule has 0 unspecified atom stereocenters. The topological polar surface area (TPSA) is 134 Å². The van der Waals surface area contributed by atoms with Crippen LogP contribution in [-0.4, -0.2) is 77.6 Å². The number of carbonyl (C=O) groups excluding carboxylic acids is 3. The molecule has 3 aromatic carbocycles. The number of rotatable bonds is 16. The number of hydrogen-bond donors (Lipinski definition) is 5.